The van der Waals surface area contributed by atoms with Gasteiger partial charge < -0.3 is 14.9 Å². The van der Waals surface area contributed by atoms with Crippen LogP contribution in [0.1, 0.15) is 5.56 Å². The molecule has 82 valence electrons. The third-order valence-electron chi connectivity index (χ3n) is 1.87. The molecule has 0 aliphatic carbocycles. The van der Waals surface area contributed by atoms with E-state index in [1.165, 1.54) is 6.08 Å². The molecule has 1 rings (SSSR count). The van der Waals surface area contributed by atoms with Crippen molar-refractivity contribution in [3.63, 3.8) is 0 Å². The Morgan fingerprint density at radius 2 is 2.00 bits per heavy atom. The highest BCUT2D eigenvalue weighted by Crippen LogP contribution is 2.00. The molecule has 0 bridgehead atoms. The summed E-state index contributed by atoms with van der Waals surface area (Å²) in [7, 11) is 0. The second-order valence-corrected chi connectivity index (χ2v) is 3.18. The van der Waals surface area contributed by atoms with Gasteiger partial charge in [0.05, 0.1) is 25.9 Å². The minimum absolute atomic E-state index is 0.255. The Morgan fingerprint density at radius 1 is 1.27 bits per heavy atom. The highest BCUT2D eigenvalue weighted by molar-refractivity contribution is 5.13. The van der Waals surface area contributed by atoms with Crippen molar-refractivity contribution in [3.05, 3.63) is 48.0 Å². The topological polar surface area (TPSA) is 49.7 Å². The number of aliphatic hydroxyl groups is 2. The van der Waals surface area contributed by atoms with Gasteiger partial charge in [-0.25, -0.2) is 0 Å². The molecule has 2 N–H and O–H groups in total. The molecule has 0 radical (unpaired) electrons. The molecule has 3 heteroatoms. The summed E-state index contributed by atoms with van der Waals surface area (Å²) in [5, 5.41) is 17.5. The van der Waals surface area contributed by atoms with Gasteiger partial charge in [-0.3, -0.25) is 0 Å². The van der Waals surface area contributed by atoms with Crippen LogP contribution < -0.4 is 0 Å². The van der Waals surface area contributed by atoms with E-state index in [1.807, 2.05) is 30.3 Å². The summed E-state index contributed by atoms with van der Waals surface area (Å²) in [6.45, 7) is 0.738. The average Bonchev–Trinajstić information content (AvgIpc) is 2.29. The lowest BCUT2D eigenvalue weighted by Gasteiger charge is -2.01. The van der Waals surface area contributed by atoms with E-state index < -0.39 is 6.10 Å². The van der Waals surface area contributed by atoms with Crippen LogP contribution in [0.15, 0.2) is 42.5 Å². The van der Waals surface area contributed by atoms with E-state index in [9.17, 15) is 0 Å². The summed E-state index contributed by atoms with van der Waals surface area (Å²) in [5.74, 6) is 0. The molecule has 1 aromatic rings. The Hall–Kier alpha value is -1.16. The zero-order chi connectivity index (χ0) is 10.9. The number of benzene rings is 1. The molecule has 0 aromatic heterocycles. The van der Waals surface area contributed by atoms with Crippen molar-refractivity contribution < 1.29 is 14.9 Å². The standard InChI is InChI=1S/C12H16O3/c13-9-12(14)7-4-8-15-10-11-5-2-1-3-6-11/h1-7,12-14H,8-10H2/b7-4+. The van der Waals surface area contributed by atoms with Crippen molar-refractivity contribution in [1.82, 2.24) is 0 Å². The molecule has 1 aromatic carbocycles. The maximum atomic E-state index is 8.98. The molecular formula is C12H16O3. The van der Waals surface area contributed by atoms with Crippen LogP contribution >= 0.6 is 0 Å². The van der Waals surface area contributed by atoms with Gasteiger partial charge in [0.2, 0.25) is 0 Å². The second kappa shape index (κ2) is 7.17. The molecule has 15 heavy (non-hydrogen) atoms. The van der Waals surface area contributed by atoms with Gasteiger partial charge in [-0.15, -0.1) is 0 Å². The van der Waals surface area contributed by atoms with Gasteiger partial charge in [0.1, 0.15) is 0 Å². The van der Waals surface area contributed by atoms with Crippen molar-refractivity contribution in [2.24, 2.45) is 0 Å². The Bertz CT molecular complexity index is 282. The van der Waals surface area contributed by atoms with E-state index in [1.54, 1.807) is 6.08 Å². The van der Waals surface area contributed by atoms with E-state index in [-0.39, 0.29) is 6.61 Å². The van der Waals surface area contributed by atoms with E-state index in [0.717, 1.165) is 5.56 Å². The molecule has 0 heterocycles. The fraction of sp³-hybridized carbons (Fsp3) is 0.333. The first kappa shape index (κ1) is 11.9. The number of rotatable bonds is 6. The van der Waals surface area contributed by atoms with Crippen LogP contribution in [0.3, 0.4) is 0 Å². The molecule has 0 aliphatic heterocycles. The van der Waals surface area contributed by atoms with Gasteiger partial charge in [-0.05, 0) is 5.56 Å². The van der Waals surface area contributed by atoms with Crippen LogP contribution in [0.5, 0.6) is 0 Å². The molecule has 0 saturated heterocycles. The van der Waals surface area contributed by atoms with Gasteiger partial charge in [0.25, 0.3) is 0 Å². The zero-order valence-electron chi connectivity index (χ0n) is 8.54. The lowest BCUT2D eigenvalue weighted by Crippen LogP contribution is -2.07. The first-order chi connectivity index (χ1) is 7.33. The largest absolute Gasteiger partial charge is 0.393 e. The predicted octanol–water partition coefficient (Wildman–Crippen LogP) is 1.11. The summed E-state index contributed by atoms with van der Waals surface area (Å²) in [5.41, 5.74) is 1.12. The lowest BCUT2D eigenvalue weighted by atomic mass is 10.2. The normalized spacial score (nSPS) is 13.2. The minimum Gasteiger partial charge on any atom is -0.393 e. The van der Waals surface area contributed by atoms with E-state index in [2.05, 4.69) is 0 Å². The van der Waals surface area contributed by atoms with Gasteiger partial charge in [0.15, 0.2) is 0 Å². The Kier molecular flexibility index (Phi) is 5.70. The van der Waals surface area contributed by atoms with Crippen molar-refractivity contribution in [2.45, 2.75) is 12.7 Å². The first-order valence-electron chi connectivity index (χ1n) is 4.90. The van der Waals surface area contributed by atoms with Crippen LogP contribution in [-0.4, -0.2) is 29.5 Å². The molecule has 0 spiro atoms. The van der Waals surface area contributed by atoms with Crippen molar-refractivity contribution >= 4 is 0 Å². The zero-order valence-corrected chi connectivity index (χ0v) is 8.54. The van der Waals surface area contributed by atoms with Gasteiger partial charge >= 0.3 is 0 Å². The number of ether oxygens (including phenoxy) is 1. The Balaban J connectivity index is 2.15. The van der Waals surface area contributed by atoms with Crippen LogP contribution in [0, 0.1) is 0 Å². The predicted molar refractivity (Wildman–Crippen MR) is 58.3 cm³/mol. The van der Waals surface area contributed by atoms with Crippen LogP contribution in [0.25, 0.3) is 0 Å². The van der Waals surface area contributed by atoms with Crippen molar-refractivity contribution in [2.75, 3.05) is 13.2 Å². The maximum absolute atomic E-state index is 8.98. The second-order valence-electron chi connectivity index (χ2n) is 3.18. The van der Waals surface area contributed by atoms with Crippen molar-refractivity contribution in [3.8, 4) is 0 Å². The number of hydrogen-bond donors (Lipinski definition) is 2. The van der Waals surface area contributed by atoms with Crippen LogP contribution in [-0.2, 0) is 11.3 Å². The fourth-order valence-corrected chi connectivity index (χ4v) is 1.09. The van der Waals surface area contributed by atoms with Crippen LogP contribution in [0.2, 0.25) is 0 Å². The summed E-state index contributed by atoms with van der Waals surface area (Å²) >= 11 is 0. The van der Waals surface area contributed by atoms with E-state index >= 15 is 0 Å². The fourth-order valence-electron chi connectivity index (χ4n) is 1.09. The summed E-state index contributed by atoms with van der Waals surface area (Å²) in [6, 6.07) is 9.87. The summed E-state index contributed by atoms with van der Waals surface area (Å²) < 4.78 is 5.34. The molecule has 0 aliphatic rings. The highest BCUT2D eigenvalue weighted by atomic mass is 16.5. The van der Waals surface area contributed by atoms with Gasteiger partial charge in [0, 0.05) is 0 Å². The Morgan fingerprint density at radius 3 is 2.67 bits per heavy atom. The third kappa shape index (κ3) is 5.32. The molecule has 0 fully saturated rings. The average molecular weight is 208 g/mol. The molecular weight excluding hydrogens is 192 g/mol. The van der Waals surface area contributed by atoms with Gasteiger partial charge in [-0.1, -0.05) is 42.5 Å². The SMILES string of the molecule is OCC(O)/C=C/COCc1ccccc1. The van der Waals surface area contributed by atoms with Gasteiger partial charge in [-0.2, -0.15) is 0 Å². The smallest absolute Gasteiger partial charge is 0.0952 e. The molecule has 1 atom stereocenters. The molecule has 0 amide bonds. The summed E-state index contributed by atoms with van der Waals surface area (Å²) in [6.07, 6.45) is 2.43. The number of aliphatic hydroxyl groups excluding tert-OH is 2. The molecule has 3 nitrogen and oxygen atoms in total. The quantitative estimate of drug-likeness (QED) is 0.544. The third-order valence-corrected chi connectivity index (χ3v) is 1.87. The number of hydrogen-bond acceptors (Lipinski definition) is 3. The summed E-state index contributed by atoms with van der Waals surface area (Å²) in [4.78, 5) is 0. The Labute approximate surface area is 89.6 Å². The minimum atomic E-state index is -0.787. The monoisotopic (exact) mass is 208 g/mol. The maximum Gasteiger partial charge on any atom is 0.0952 e. The first-order valence-corrected chi connectivity index (χ1v) is 4.90. The molecule has 0 saturated carbocycles. The highest BCUT2D eigenvalue weighted by Gasteiger charge is 1.93. The lowest BCUT2D eigenvalue weighted by molar-refractivity contribution is 0.126. The molecule has 1 unspecified atom stereocenters. The van der Waals surface area contributed by atoms with Crippen molar-refractivity contribution in [1.29, 1.82) is 0 Å². The van der Waals surface area contributed by atoms with E-state index in [4.69, 9.17) is 14.9 Å². The van der Waals surface area contributed by atoms with E-state index in [0.29, 0.717) is 13.2 Å². The van der Waals surface area contributed by atoms with Crippen LogP contribution in [0.4, 0.5) is 0 Å².